The Hall–Kier alpha value is -0.693. The zero-order valence-corrected chi connectivity index (χ0v) is 12.4. The number of rotatable bonds is 7. The summed E-state index contributed by atoms with van der Waals surface area (Å²) in [5.41, 5.74) is 0.0551. The Morgan fingerprint density at radius 3 is 2.00 bits per heavy atom. The molecule has 0 saturated carbocycles. The molecule has 0 radical (unpaired) electrons. The van der Waals surface area contributed by atoms with Crippen LogP contribution in [0, 0.1) is 0 Å². The standard InChI is InChI=1S/C11H22O5Si/c1-7-9(3)11(12)16-10(8-2)17(13-4,14-5)15-6/h7,10H,8H2,1-6H3. The van der Waals surface area contributed by atoms with Crippen molar-refractivity contribution < 1.29 is 22.8 Å². The van der Waals surface area contributed by atoms with Crippen LogP contribution in [0.15, 0.2) is 11.6 Å². The van der Waals surface area contributed by atoms with E-state index >= 15 is 0 Å². The van der Waals surface area contributed by atoms with Gasteiger partial charge in [-0.15, -0.1) is 0 Å². The third-order valence-corrected chi connectivity index (χ3v) is 5.64. The molecule has 0 aliphatic heterocycles. The predicted octanol–water partition coefficient (Wildman–Crippen LogP) is 1.69. The fourth-order valence-corrected chi connectivity index (χ4v) is 3.43. The van der Waals surface area contributed by atoms with Crippen LogP contribution < -0.4 is 0 Å². The summed E-state index contributed by atoms with van der Waals surface area (Å²) in [4.78, 5) is 11.7. The zero-order chi connectivity index (χ0) is 13.5. The second-order valence-electron chi connectivity index (χ2n) is 3.49. The van der Waals surface area contributed by atoms with E-state index in [2.05, 4.69) is 0 Å². The highest BCUT2D eigenvalue weighted by molar-refractivity contribution is 6.62. The van der Waals surface area contributed by atoms with Crippen molar-refractivity contribution >= 4 is 14.8 Å². The molecule has 0 spiro atoms. The lowest BCUT2D eigenvalue weighted by Gasteiger charge is -2.31. The Bertz CT molecular complexity index is 265. The third-order valence-electron chi connectivity index (χ3n) is 2.62. The van der Waals surface area contributed by atoms with Crippen LogP contribution in [0.3, 0.4) is 0 Å². The van der Waals surface area contributed by atoms with Crippen molar-refractivity contribution in [1.82, 2.24) is 0 Å². The summed E-state index contributed by atoms with van der Waals surface area (Å²) in [6.45, 7) is 5.37. The molecule has 0 aromatic rings. The Morgan fingerprint density at radius 2 is 1.71 bits per heavy atom. The number of carbonyl (C=O) groups is 1. The summed E-state index contributed by atoms with van der Waals surface area (Å²) in [5.74, 6) is -0.373. The van der Waals surface area contributed by atoms with Gasteiger partial charge in [0.25, 0.3) is 0 Å². The van der Waals surface area contributed by atoms with Crippen molar-refractivity contribution in [2.45, 2.75) is 32.9 Å². The van der Waals surface area contributed by atoms with Gasteiger partial charge in [-0.3, -0.25) is 0 Å². The van der Waals surface area contributed by atoms with Gasteiger partial charge in [-0.25, -0.2) is 4.79 Å². The summed E-state index contributed by atoms with van der Waals surface area (Å²) in [6.07, 6.45) is 2.27. The van der Waals surface area contributed by atoms with E-state index in [1.165, 1.54) is 21.3 Å². The van der Waals surface area contributed by atoms with Crippen LogP contribution >= 0.6 is 0 Å². The van der Waals surface area contributed by atoms with Crippen molar-refractivity contribution in [2.24, 2.45) is 0 Å². The average molecular weight is 262 g/mol. The van der Waals surface area contributed by atoms with Gasteiger partial charge in [0.2, 0.25) is 0 Å². The van der Waals surface area contributed by atoms with Crippen LogP contribution in [0.25, 0.3) is 0 Å². The zero-order valence-electron chi connectivity index (χ0n) is 11.4. The quantitative estimate of drug-likeness (QED) is 0.397. The van der Waals surface area contributed by atoms with Gasteiger partial charge in [0.1, 0.15) is 0 Å². The molecule has 0 saturated heterocycles. The van der Waals surface area contributed by atoms with E-state index in [4.69, 9.17) is 18.0 Å². The highest BCUT2D eigenvalue weighted by atomic mass is 28.4. The molecule has 6 heteroatoms. The molecule has 0 fully saturated rings. The van der Waals surface area contributed by atoms with Gasteiger partial charge < -0.3 is 18.0 Å². The van der Waals surface area contributed by atoms with Gasteiger partial charge in [-0.05, 0) is 20.3 Å². The largest absolute Gasteiger partial charge is 0.543 e. The number of allylic oxidation sites excluding steroid dienone is 1. The van der Waals surface area contributed by atoms with Gasteiger partial charge in [-0.2, -0.15) is 0 Å². The van der Waals surface area contributed by atoms with Crippen molar-refractivity contribution in [1.29, 1.82) is 0 Å². The van der Waals surface area contributed by atoms with Gasteiger partial charge >= 0.3 is 14.8 Å². The minimum Gasteiger partial charge on any atom is -0.454 e. The van der Waals surface area contributed by atoms with Crippen molar-refractivity contribution in [3.05, 3.63) is 11.6 Å². The smallest absolute Gasteiger partial charge is 0.454 e. The van der Waals surface area contributed by atoms with Crippen molar-refractivity contribution in [3.8, 4) is 0 Å². The van der Waals surface area contributed by atoms with Crippen LogP contribution in [0.2, 0.25) is 0 Å². The summed E-state index contributed by atoms with van der Waals surface area (Å²) in [6, 6.07) is 0. The van der Waals surface area contributed by atoms with Crippen LogP contribution in [0.1, 0.15) is 27.2 Å². The number of hydrogen-bond acceptors (Lipinski definition) is 5. The normalized spacial score (nSPS) is 14.6. The molecular formula is C11H22O5Si. The van der Waals surface area contributed by atoms with Crippen molar-refractivity contribution in [2.75, 3.05) is 21.3 Å². The Labute approximate surface area is 104 Å². The van der Waals surface area contributed by atoms with Gasteiger partial charge in [-0.1, -0.05) is 13.0 Å². The maximum atomic E-state index is 11.7. The summed E-state index contributed by atoms with van der Waals surface area (Å²) < 4.78 is 21.3. The molecule has 5 nitrogen and oxygen atoms in total. The number of ether oxygens (including phenoxy) is 1. The van der Waals surface area contributed by atoms with E-state index in [0.717, 1.165) is 0 Å². The third kappa shape index (κ3) is 3.92. The van der Waals surface area contributed by atoms with Gasteiger partial charge in [0, 0.05) is 26.9 Å². The molecule has 0 aromatic heterocycles. The molecular weight excluding hydrogens is 240 g/mol. The van der Waals surface area contributed by atoms with E-state index < -0.39 is 14.5 Å². The molecule has 100 valence electrons. The predicted molar refractivity (Wildman–Crippen MR) is 66.4 cm³/mol. The highest BCUT2D eigenvalue weighted by Gasteiger charge is 2.49. The summed E-state index contributed by atoms with van der Waals surface area (Å²) in [7, 11) is 1.56. The first-order valence-corrected chi connectivity index (χ1v) is 7.30. The van der Waals surface area contributed by atoms with Gasteiger partial charge in [0.15, 0.2) is 5.73 Å². The van der Waals surface area contributed by atoms with Crippen molar-refractivity contribution in [3.63, 3.8) is 0 Å². The van der Waals surface area contributed by atoms with E-state index in [9.17, 15) is 4.79 Å². The van der Waals surface area contributed by atoms with E-state index in [0.29, 0.717) is 12.0 Å². The number of hydrogen-bond donors (Lipinski definition) is 0. The van der Waals surface area contributed by atoms with Crippen LogP contribution in [-0.2, 0) is 22.8 Å². The molecule has 0 amide bonds. The maximum Gasteiger partial charge on any atom is 0.543 e. The molecule has 1 unspecified atom stereocenters. The SMILES string of the molecule is CC=C(C)C(=O)OC(CC)[Si](OC)(OC)OC. The first-order valence-electron chi connectivity index (χ1n) is 5.50. The first-order chi connectivity index (χ1) is 8.01. The van der Waals surface area contributed by atoms with Crippen LogP contribution in [0.4, 0.5) is 0 Å². The second kappa shape index (κ2) is 7.60. The first kappa shape index (κ1) is 16.3. The maximum absolute atomic E-state index is 11.7. The summed E-state index contributed by atoms with van der Waals surface area (Å²) >= 11 is 0. The highest BCUT2D eigenvalue weighted by Crippen LogP contribution is 2.19. The molecule has 0 aliphatic rings. The average Bonchev–Trinajstić information content (AvgIpc) is 2.38. The molecule has 0 heterocycles. The molecule has 0 aromatic carbocycles. The molecule has 0 N–H and O–H groups in total. The van der Waals surface area contributed by atoms with Gasteiger partial charge in [0.05, 0.1) is 0 Å². The van der Waals surface area contributed by atoms with Crippen LogP contribution in [0.5, 0.6) is 0 Å². The Morgan fingerprint density at radius 1 is 1.24 bits per heavy atom. The number of esters is 1. The molecule has 17 heavy (non-hydrogen) atoms. The van der Waals surface area contributed by atoms with Crippen LogP contribution in [-0.4, -0.2) is 41.8 Å². The Kier molecular flexibility index (Phi) is 7.29. The summed E-state index contributed by atoms with van der Waals surface area (Å²) in [5, 5.41) is 0. The Balaban J connectivity index is 4.88. The lowest BCUT2D eigenvalue weighted by atomic mass is 10.3. The lowest BCUT2D eigenvalue weighted by Crippen LogP contribution is -2.56. The molecule has 0 aliphatic carbocycles. The monoisotopic (exact) mass is 262 g/mol. The minimum atomic E-state index is -2.94. The molecule has 0 bridgehead atoms. The number of carbonyl (C=O) groups excluding carboxylic acids is 1. The van der Waals surface area contributed by atoms with E-state index in [1.54, 1.807) is 19.9 Å². The van der Waals surface area contributed by atoms with E-state index in [1.807, 2.05) is 6.92 Å². The molecule has 0 rings (SSSR count). The minimum absolute atomic E-state index is 0.373. The fraction of sp³-hybridized carbons (Fsp3) is 0.727. The molecule has 1 atom stereocenters. The van der Waals surface area contributed by atoms with E-state index in [-0.39, 0.29) is 5.97 Å². The second-order valence-corrected chi connectivity index (χ2v) is 6.57. The topological polar surface area (TPSA) is 54.0 Å². The fourth-order valence-electron chi connectivity index (χ4n) is 1.39. The lowest BCUT2D eigenvalue weighted by molar-refractivity contribution is -0.144.